The minimum absolute atomic E-state index is 1.28. The van der Waals surface area contributed by atoms with Crippen molar-refractivity contribution in [3.8, 4) is 0 Å². The van der Waals surface area contributed by atoms with Gasteiger partial charge in [-0.15, -0.1) is 0 Å². The molecule has 0 heteroatoms. The standard InChI is InChI=1S/C36H22/c1-3-15-25-23(11-1)13-9-21-27(25)33-29-17-5-7-19-31(29)36-34(30-18-6-8-20-32(30)35(33)36)28-22-10-14-24-12-2-4-16-26(24)28/h1-22H. The maximum atomic E-state index is 2.31. The fourth-order valence-electron chi connectivity index (χ4n) is 6.34. The molecule has 0 spiro atoms. The van der Waals surface area contributed by atoms with Crippen molar-refractivity contribution in [2.45, 2.75) is 0 Å². The minimum Gasteiger partial charge on any atom is -0.0616 e. The Bertz CT molecular complexity index is 1970. The van der Waals surface area contributed by atoms with E-state index in [0.29, 0.717) is 0 Å². The van der Waals surface area contributed by atoms with Gasteiger partial charge in [0.05, 0.1) is 0 Å². The van der Waals surface area contributed by atoms with E-state index in [0.717, 1.165) is 0 Å². The largest absolute Gasteiger partial charge is 0.0616 e. The van der Waals surface area contributed by atoms with Crippen molar-refractivity contribution < 1.29 is 0 Å². The normalized spacial score (nSPS) is 13.9. The van der Waals surface area contributed by atoms with Gasteiger partial charge in [-0.05, 0) is 75.8 Å². The predicted octanol–water partition coefficient (Wildman–Crippen LogP) is 5.42. The first-order valence-corrected chi connectivity index (χ1v) is 12.5. The number of hydrogen-bond acceptors (Lipinski definition) is 0. The topological polar surface area (TPSA) is 0 Å². The molecule has 2 aliphatic rings. The molecule has 0 aliphatic heterocycles. The van der Waals surface area contributed by atoms with Crippen molar-refractivity contribution in [2.24, 2.45) is 0 Å². The van der Waals surface area contributed by atoms with Crippen LogP contribution in [0.3, 0.4) is 0 Å². The van der Waals surface area contributed by atoms with Gasteiger partial charge in [-0.2, -0.15) is 0 Å². The highest BCUT2D eigenvalue weighted by atomic mass is 14.3. The molecule has 0 atom stereocenters. The Morgan fingerprint density at radius 1 is 0.250 bits per heavy atom. The van der Waals surface area contributed by atoms with Crippen LogP contribution in [0.5, 0.6) is 0 Å². The quantitative estimate of drug-likeness (QED) is 0.328. The highest BCUT2D eigenvalue weighted by Gasteiger charge is 2.30. The van der Waals surface area contributed by atoms with Crippen molar-refractivity contribution >= 4 is 43.8 Å². The molecule has 166 valence electrons. The lowest BCUT2D eigenvalue weighted by atomic mass is 9.88. The Morgan fingerprint density at radius 2 is 0.583 bits per heavy atom. The third-order valence-corrected chi connectivity index (χ3v) is 7.80. The van der Waals surface area contributed by atoms with Gasteiger partial charge in [-0.25, -0.2) is 0 Å². The van der Waals surface area contributed by atoms with E-state index in [1.807, 2.05) is 0 Å². The second-order valence-corrected chi connectivity index (χ2v) is 9.64. The van der Waals surface area contributed by atoms with Crippen LogP contribution in [0.25, 0.3) is 43.8 Å². The summed E-state index contributed by atoms with van der Waals surface area (Å²) in [6.07, 6.45) is 0. The maximum Gasteiger partial charge on any atom is -0.000741 e. The second kappa shape index (κ2) is 7.41. The molecule has 0 aromatic heterocycles. The molecule has 0 saturated carbocycles. The SMILES string of the molecule is c1ccc2c(c1)=C1C(=c3ccccc3=C1c1cccc3ccccc13)C=2c1cccc2ccccc12. The molecule has 0 heterocycles. The van der Waals surface area contributed by atoms with Crippen LogP contribution in [0.15, 0.2) is 133 Å². The summed E-state index contributed by atoms with van der Waals surface area (Å²) in [6, 6.07) is 48.8. The van der Waals surface area contributed by atoms with Crippen LogP contribution in [0.2, 0.25) is 0 Å². The van der Waals surface area contributed by atoms with Gasteiger partial charge >= 0.3 is 0 Å². The van der Waals surface area contributed by atoms with Crippen molar-refractivity contribution in [3.63, 3.8) is 0 Å². The summed E-state index contributed by atoms with van der Waals surface area (Å²) in [5.74, 6) is 0. The van der Waals surface area contributed by atoms with Crippen LogP contribution in [0, 0.1) is 0 Å². The first-order valence-electron chi connectivity index (χ1n) is 12.5. The van der Waals surface area contributed by atoms with Gasteiger partial charge in [-0.1, -0.05) is 133 Å². The molecule has 36 heavy (non-hydrogen) atoms. The van der Waals surface area contributed by atoms with E-state index >= 15 is 0 Å². The van der Waals surface area contributed by atoms with Crippen LogP contribution >= 0.6 is 0 Å². The Balaban J connectivity index is 1.57. The summed E-state index contributed by atoms with van der Waals surface area (Å²) in [4.78, 5) is 0. The lowest BCUT2D eigenvalue weighted by molar-refractivity contribution is 1.48. The average Bonchev–Trinajstić information content (AvgIpc) is 3.45. The fourth-order valence-corrected chi connectivity index (χ4v) is 6.34. The van der Waals surface area contributed by atoms with Crippen LogP contribution < -0.4 is 20.9 Å². The smallest absolute Gasteiger partial charge is 0.000741 e. The number of rotatable bonds is 2. The molecule has 2 aliphatic carbocycles. The van der Waals surface area contributed by atoms with E-state index in [4.69, 9.17) is 0 Å². The Morgan fingerprint density at radius 3 is 1.03 bits per heavy atom. The monoisotopic (exact) mass is 454 g/mol. The van der Waals surface area contributed by atoms with E-state index in [1.165, 1.54) is 75.8 Å². The molecule has 0 radical (unpaired) electrons. The molecular weight excluding hydrogens is 432 g/mol. The molecule has 8 rings (SSSR count). The first-order chi connectivity index (χ1) is 17.9. The number of fused-ring (bicyclic) bond motifs is 5. The Kier molecular flexibility index (Phi) is 4.03. The van der Waals surface area contributed by atoms with E-state index in [9.17, 15) is 0 Å². The lowest BCUT2D eigenvalue weighted by Crippen LogP contribution is -2.28. The third-order valence-electron chi connectivity index (χ3n) is 7.80. The summed E-state index contributed by atoms with van der Waals surface area (Å²) < 4.78 is 0. The van der Waals surface area contributed by atoms with Crippen LogP contribution in [0.1, 0.15) is 11.1 Å². The van der Waals surface area contributed by atoms with Gasteiger partial charge in [0.25, 0.3) is 0 Å². The third kappa shape index (κ3) is 2.59. The van der Waals surface area contributed by atoms with Crippen LogP contribution in [-0.2, 0) is 0 Å². The van der Waals surface area contributed by atoms with Crippen molar-refractivity contribution in [3.05, 3.63) is 165 Å². The second-order valence-electron chi connectivity index (χ2n) is 9.64. The molecule has 0 fully saturated rings. The van der Waals surface area contributed by atoms with Crippen molar-refractivity contribution in [1.82, 2.24) is 0 Å². The van der Waals surface area contributed by atoms with Gasteiger partial charge in [0.15, 0.2) is 0 Å². The molecule has 0 unspecified atom stereocenters. The van der Waals surface area contributed by atoms with Gasteiger partial charge in [0, 0.05) is 0 Å². The zero-order chi connectivity index (χ0) is 23.6. The Labute approximate surface area is 209 Å². The van der Waals surface area contributed by atoms with E-state index in [1.54, 1.807) is 0 Å². The van der Waals surface area contributed by atoms with E-state index < -0.39 is 0 Å². The van der Waals surface area contributed by atoms with E-state index in [-0.39, 0.29) is 0 Å². The van der Waals surface area contributed by atoms with Gasteiger partial charge < -0.3 is 0 Å². The average molecular weight is 455 g/mol. The summed E-state index contributed by atoms with van der Waals surface area (Å²) >= 11 is 0. The van der Waals surface area contributed by atoms with Gasteiger partial charge in [0.2, 0.25) is 0 Å². The maximum absolute atomic E-state index is 2.31. The molecule has 6 aromatic rings. The van der Waals surface area contributed by atoms with Crippen molar-refractivity contribution in [2.75, 3.05) is 0 Å². The Hall–Kier alpha value is -4.68. The van der Waals surface area contributed by atoms with Gasteiger partial charge in [-0.3, -0.25) is 0 Å². The minimum atomic E-state index is 1.28. The summed E-state index contributed by atoms with van der Waals surface area (Å²) in [5.41, 5.74) is 8.04. The van der Waals surface area contributed by atoms with Crippen LogP contribution in [-0.4, -0.2) is 0 Å². The molecule has 0 bridgehead atoms. The van der Waals surface area contributed by atoms with E-state index in [2.05, 4.69) is 133 Å². The molecule has 0 amide bonds. The first kappa shape index (κ1) is 19.6. The summed E-state index contributed by atoms with van der Waals surface area (Å²) in [7, 11) is 0. The molecular formula is C36H22. The van der Waals surface area contributed by atoms with Gasteiger partial charge in [0.1, 0.15) is 0 Å². The zero-order valence-electron chi connectivity index (χ0n) is 19.7. The summed E-state index contributed by atoms with van der Waals surface area (Å²) in [5, 5.41) is 10.5. The molecule has 6 aromatic carbocycles. The predicted molar refractivity (Wildman–Crippen MR) is 151 cm³/mol. The highest BCUT2D eigenvalue weighted by molar-refractivity contribution is 6.33. The number of benzene rings is 6. The van der Waals surface area contributed by atoms with Crippen LogP contribution in [0.4, 0.5) is 0 Å². The lowest BCUT2D eigenvalue weighted by Gasteiger charge is -2.14. The highest BCUT2D eigenvalue weighted by Crippen LogP contribution is 2.41. The summed E-state index contributed by atoms with van der Waals surface area (Å²) in [6.45, 7) is 0. The number of hydrogen-bond donors (Lipinski definition) is 0. The fraction of sp³-hybridized carbons (Fsp3) is 0. The molecule has 0 saturated heterocycles. The molecule has 0 N–H and O–H groups in total. The molecule has 0 nitrogen and oxygen atoms in total. The zero-order valence-corrected chi connectivity index (χ0v) is 19.7. The van der Waals surface area contributed by atoms with Crippen molar-refractivity contribution in [1.29, 1.82) is 0 Å².